The Labute approximate surface area is 186 Å². The van der Waals surface area contributed by atoms with Crippen molar-refractivity contribution in [3.63, 3.8) is 0 Å². The topological polar surface area (TPSA) is 66.4 Å². The fourth-order valence-corrected chi connectivity index (χ4v) is 3.81. The highest BCUT2D eigenvalue weighted by atomic mass is 16.3. The summed E-state index contributed by atoms with van der Waals surface area (Å²) in [7, 11) is 0. The molecule has 31 heavy (non-hydrogen) atoms. The van der Waals surface area contributed by atoms with Gasteiger partial charge in [0.25, 0.3) is 0 Å². The molecule has 0 spiro atoms. The smallest absolute Gasteiger partial charge is 0.220 e. The van der Waals surface area contributed by atoms with E-state index < -0.39 is 6.10 Å². The number of amides is 1. The third-order valence-electron chi connectivity index (χ3n) is 5.98. The monoisotopic (exact) mass is 421 g/mol. The lowest BCUT2D eigenvalue weighted by Crippen LogP contribution is -2.24. The van der Waals surface area contributed by atoms with Crippen LogP contribution in [0.5, 0.6) is 0 Å². The molecule has 1 fully saturated rings. The predicted octanol–water partition coefficient (Wildman–Crippen LogP) is 4.84. The molecule has 1 saturated carbocycles. The quantitative estimate of drug-likeness (QED) is 0.354. The Morgan fingerprint density at radius 1 is 1.16 bits per heavy atom. The first-order chi connectivity index (χ1) is 15.1. The van der Waals surface area contributed by atoms with Gasteiger partial charge in [-0.25, -0.2) is 0 Å². The van der Waals surface area contributed by atoms with Gasteiger partial charge in [-0.05, 0) is 68.4 Å². The molecule has 4 heteroatoms. The molecule has 166 valence electrons. The SMILES string of the molecule is O=C(CCC/C=C\CC1=C(/C=C/[C@@H](O)CCc2ccccc2)CCC1=O)NCC1CC1. The van der Waals surface area contributed by atoms with Crippen molar-refractivity contribution in [1.82, 2.24) is 5.32 Å². The van der Waals surface area contributed by atoms with E-state index in [0.29, 0.717) is 31.6 Å². The van der Waals surface area contributed by atoms with Gasteiger partial charge < -0.3 is 10.4 Å². The zero-order chi connectivity index (χ0) is 21.9. The number of hydrogen-bond acceptors (Lipinski definition) is 3. The van der Waals surface area contributed by atoms with Crippen molar-refractivity contribution >= 4 is 11.7 Å². The van der Waals surface area contributed by atoms with Gasteiger partial charge in [0.15, 0.2) is 5.78 Å². The van der Waals surface area contributed by atoms with E-state index in [1.807, 2.05) is 36.4 Å². The molecule has 3 rings (SSSR count). The summed E-state index contributed by atoms with van der Waals surface area (Å²) in [6.45, 7) is 0.836. The maximum absolute atomic E-state index is 12.2. The molecule has 1 aromatic rings. The Bertz CT molecular complexity index is 818. The van der Waals surface area contributed by atoms with Crippen LogP contribution in [0.3, 0.4) is 0 Å². The number of hydrogen-bond donors (Lipinski definition) is 2. The van der Waals surface area contributed by atoms with E-state index in [-0.39, 0.29) is 11.7 Å². The van der Waals surface area contributed by atoms with Crippen LogP contribution in [-0.2, 0) is 16.0 Å². The Hall–Kier alpha value is -2.46. The van der Waals surface area contributed by atoms with E-state index in [2.05, 4.69) is 23.5 Å². The first-order valence-corrected chi connectivity index (χ1v) is 11.7. The number of benzene rings is 1. The van der Waals surface area contributed by atoms with E-state index in [4.69, 9.17) is 0 Å². The first kappa shape index (κ1) is 23.2. The van der Waals surface area contributed by atoms with Crippen molar-refractivity contribution in [2.75, 3.05) is 6.54 Å². The molecule has 1 atom stereocenters. The molecule has 0 aromatic heterocycles. The normalized spacial score (nSPS) is 17.8. The molecule has 0 heterocycles. The van der Waals surface area contributed by atoms with E-state index >= 15 is 0 Å². The first-order valence-electron chi connectivity index (χ1n) is 11.7. The summed E-state index contributed by atoms with van der Waals surface area (Å²) in [6, 6.07) is 10.2. The van der Waals surface area contributed by atoms with E-state index in [1.54, 1.807) is 0 Å². The second-order valence-corrected chi connectivity index (χ2v) is 8.69. The number of aliphatic hydroxyl groups is 1. The molecule has 0 saturated heterocycles. The molecular weight excluding hydrogens is 386 g/mol. The highest BCUT2D eigenvalue weighted by molar-refractivity contribution is 5.99. The lowest BCUT2D eigenvalue weighted by molar-refractivity contribution is -0.121. The van der Waals surface area contributed by atoms with Gasteiger partial charge in [0.05, 0.1) is 6.10 Å². The van der Waals surface area contributed by atoms with Crippen LogP contribution in [0.25, 0.3) is 0 Å². The Morgan fingerprint density at radius 3 is 2.74 bits per heavy atom. The van der Waals surface area contributed by atoms with Crippen LogP contribution in [0.1, 0.15) is 63.4 Å². The average Bonchev–Trinajstić information content (AvgIpc) is 3.55. The highest BCUT2D eigenvalue weighted by Gasteiger charge is 2.21. The largest absolute Gasteiger partial charge is 0.389 e. The number of rotatable bonds is 13. The Kier molecular flexibility index (Phi) is 9.29. The van der Waals surface area contributed by atoms with Gasteiger partial charge in [0.1, 0.15) is 0 Å². The second-order valence-electron chi connectivity index (χ2n) is 8.69. The van der Waals surface area contributed by atoms with Crippen LogP contribution in [0.2, 0.25) is 0 Å². The van der Waals surface area contributed by atoms with Crippen LogP contribution in [0, 0.1) is 5.92 Å². The van der Waals surface area contributed by atoms with Gasteiger partial charge in [-0.1, -0.05) is 54.6 Å². The fourth-order valence-electron chi connectivity index (χ4n) is 3.81. The van der Waals surface area contributed by atoms with Crippen LogP contribution >= 0.6 is 0 Å². The molecule has 1 aromatic carbocycles. The minimum absolute atomic E-state index is 0.146. The van der Waals surface area contributed by atoms with Gasteiger partial charge in [0, 0.05) is 25.0 Å². The Morgan fingerprint density at radius 2 is 1.97 bits per heavy atom. The lowest BCUT2D eigenvalue weighted by Gasteiger charge is -2.06. The Balaban J connectivity index is 1.38. The molecule has 2 aliphatic rings. The molecule has 1 amide bonds. The summed E-state index contributed by atoms with van der Waals surface area (Å²) in [6.07, 6.45) is 15.6. The number of allylic oxidation sites excluding steroid dienone is 5. The van der Waals surface area contributed by atoms with Crippen molar-refractivity contribution in [3.8, 4) is 0 Å². The predicted molar refractivity (Wildman–Crippen MR) is 125 cm³/mol. The van der Waals surface area contributed by atoms with Crippen molar-refractivity contribution in [2.45, 2.75) is 70.3 Å². The fraction of sp³-hybridized carbons (Fsp3) is 0.481. The van der Waals surface area contributed by atoms with E-state index in [1.165, 1.54) is 18.4 Å². The number of nitrogens with one attached hydrogen (secondary N) is 1. The van der Waals surface area contributed by atoms with Gasteiger partial charge in [0.2, 0.25) is 5.91 Å². The van der Waals surface area contributed by atoms with Crippen LogP contribution in [0.4, 0.5) is 0 Å². The summed E-state index contributed by atoms with van der Waals surface area (Å²) < 4.78 is 0. The minimum atomic E-state index is -0.508. The molecule has 2 N–H and O–H groups in total. The van der Waals surface area contributed by atoms with Crippen molar-refractivity contribution in [1.29, 1.82) is 0 Å². The number of Topliss-reactive ketones (excluding diaryl/α,β-unsaturated/α-hetero) is 1. The summed E-state index contributed by atoms with van der Waals surface area (Å²) in [5.41, 5.74) is 3.13. The molecule has 4 nitrogen and oxygen atoms in total. The molecule has 0 aliphatic heterocycles. The maximum atomic E-state index is 12.2. The molecular formula is C27H35NO3. The zero-order valence-corrected chi connectivity index (χ0v) is 18.4. The number of aliphatic hydroxyl groups excluding tert-OH is 1. The van der Waals surface area contributed by atoms with Crippen LogP contribution in [-0.4, -0.2) is 29.4 Å². The van der Waals surface area contributed by atoms with Gasteiger partial charge in [-0.3, -0.25) is 9.59 Å². The number of ketones is 1. The molecule has 0 radical (unpaired) electrons. The van der Waals surface area contributed by atoms with Crippen molar-refractivity contribution < 1.29 is 14.7 Å². The molecule has 0 unspecified atom stereocenters. The van der Waals surface area contributed by atoms with Crippen molar-refractivity contribution in [3.05, 3.63) is 71.3 Å². The highest BCUT2D eigenvalue weighted by Crippen LogP contribution is 2.28. The summed E-state index contributed by atoms with van der Waals surface area (Å²) in [4.78, 5) is 24.0. The third kappa shape index (κ3) is 8.66. The number of unbranched alkanes of at least 4 members (excludes halogenated alkanes) is 1. The number of carbonyl (C=O) groups is 2. The van der Waals surface area contributed by atoms with Gasteiger partial charge in [-0.2, -0.15) is 0 Å². The maximum Gasteiger partial charge on any atom is 0.220 e. The summed E-state index contributed by atoms with van der Waals surface area (Å²) >= 11 is 0. The summed E-state index contributed by atoms with van der Waals surface area (Å²) in [5, 5.41) is 13.3. The number of aryl methyl sites for hydroxylation is 1. The van der Waals surface area contributed by atoms with Gasteiger partial charge in [-0.15, -0.1) is 0 Å². The summed E-state index contributed by atoms with van der Waals surface area (Å²) in [5.74, 6) is 1.07. The van der Waals surface area contributed by atoms with E-state index in [0.717, 1.165) is 43.4 Å². The van der Waals surface area contributed by atoms with Crippen LogP contribution in [0.15, 0.2) is 65.8 Å². The average molecular weight is 422 g/mol. The number of carbonyl (C=O) groups excluding carboxylic acids is 2. The lowest BCUT2D eigenvalue weighted by atomic mass is 10.0. The minimum Gasteiger partial charge on any atom is -0.389 e. The third-order valence-corrected chi connectivity index (χ3v) is 5.98. The molecule has 2 aliphatic carbocycles. The van der Waals surface area contributed by atoms with Crippen molar-refractivity contribution in [2.24, 2.45) is 5.92 Å². The van der Waals surface area contributed by atoms with Gasteiger partial charge >= 0.3 is 0 Å². The second kappa shape index (κ2) is 12.4. The van der Waals surface area contributed by atoms with E-state index in [9.17, 15) is 14.7 Å². The van der Waals surface area contributed by atoms with Crippen LogP contribution < -0.4 is 5.32 Å². The molecule has 0 bridgehead atoms. The zero-order valence-electron chi connectivity index (χ0n) is 18.4. The standard InChI is InChI=1S/C27H35NO3/c29-24(17-14-21-8-4-3-5-9-21)18-15-23-16-19-26(30)25(23)10-6-1-2-7-11-27(31)28-20-22-12-13-22/h1,3-6,8-9,15,18,22,24,29H,2,7,10-14,16-17,19-20H2,(H,28,31)/b6-1-,18-15+/t24-/m0/s1.